The number of rotatable bonds is 3. The molecule has 6 nitrogen and oxygen atoms in total. The van der Waals surface area contributed by atoms with Crippen LogP contribution in [0.2, 0.25) is 5.15 Å². The van der Waals surface area contributed by atoms with Gasteiger partial charge in [-0.1, -0.05) is 17.7 Å². The molecule has 20 heavy (non-hydrogen) atoms. The molecule has 0 radical (unpaired) electrons. The molecule has 2 heterocycles. The third-order valence-corrected chi connectivity index (χ3v) is 4.31. The number of halogens is 1. The Hall–Kier alpha value is -2.12. The maximum atomic E-state index is 12.3. The van der Waals surface area contributed by atoms with Gasteiger partial charge in [0.15, 0.2) is 0 Å². The summed E-state index contributed by atoms with van der Waals surface area (Å²) >= 11 is 5.65. The Morgan fingerprint density at radius 2 is 2.00 bits per heavy atom. The van der Waals surface area contributed by atoms with E-state index in [1.54, 1.807) is 18.3 Å². The van der Waals surface area contributed by atoms with Gasteiger partial charge in [-0.2, -0.15) is 5.10 Å². The molecular formula is C12H9ClN4O2S. The summed E-state index contributed by atoms with van der Waals surface area (Å²) in [7, 11) is -3.71. The molecule has 0 saturated carbocycles. The van der Waals surface area contributed by atoms with Crippen LogP contribution in [-0.2, 0) is 10.0 Å². The molecule has 8 heteroatoms. The third-order valence-electron chi connectivity index (χ3n) is 2.74. The summed E-state index contributed by atoms with van der Waals surface area (Å²) < 4.78 is 27.0. The molecule has 0 aliphatic carbocycles. The van der Waals surface area contributed by atoms with Crippen LogP contribution >= 0.6 is 11.6 Å². The Labute approximate surface area is 119 Å². The monoisotopic (exact) mass is 308 g/mol. The number of nitrogens with zero attached hydrogens (tertiary/aromatic N) is 2. The second-order valence-electron chi connectivity index (χ2n) is 4.06. The van der Waals surface area contributed by atoms with Crippen molar-refractivity contribution in [2.75, 3.05) is 4.72 Å². The Bertz CT molecular complexity index is 859. The lowest BCUT2D eigenvalue weighted by Gasteiger charge is -2.08. The molecule has 2 aromatic heterocycles. The SMILES string of the molecule is O=S(=O)(Nc1cccc2[nH]ncc12)c1ccc(Cl)nc1. The average Bonchev–Trinajstić information content (AvgIpc) is 2.88. The highest BCUT2D eigenvalue weighted by Crippen LogP contribution is 2.24. The topological polar surface area (TPSA) is 87.7 Å². The van der Waals surface area contributed by atoms with Crippen LogP contribution in [-0.4, -0.2) is 23.6 Å². The standard InChI is InChI=1S/C12H9ClN4O2S/c13-12-5-4-8(6-14-12)20(18,19)17-11-3-1-2-10-9(11)7-15-16-10/h1-7,17H,(H,15,16). The van der Waals surface area contributed by atoms with Crippen molar-refractivity contribution in [3.63, 3.8) is 0 Å². The van der Waals surface area contributed by atoms with Crippen LogP contribution in [0.3, 0.4) is 0 Å². The van der Waals surface area contributed by atoms with Crippen molar-refractivity contribution in [3.05, 3.63) is 47.9 Å². The van der Waals surface area contributed by atoms with E-state index in [0.717, 1.165) is 5.52 Å². The fourth-order valence-electron chi connectivity index (χ4n) is 1.78. The quantitative estimate of drug-likeness (QED) is 0.727. The zero-order chi connectivity index (χ0) is 14.2. The lowest BCUT2D eigenvalue weighted by Crippen LogP contribution is -2.13. The summed E-state index contributed by atoms with van der Waals surface area (Å²) in [6.45, 7) is 0. The van der Waals surface area contributed by atoms with Crippen molar-refractivity contribution >= 4 is 38.2 Å². The molecule has 3 rings (SSSR count). The zero-order valence-corrected chi connectivity index (χ0v) is 11.6. The van der Waals surface area contributed by atoms with E-state index in [-0.39, 0.29) is 10.0 Å². The van der Waals surface area contributed by atoms with Gasteiger partial charge in [0, 0.05) is 11.6 Å². The lowest BCUT2D eigenvalue weighted by molar-refractivity contribution is 0.601. The molecule has 0 spiro atoms. The number of sulfonamides is 1. The number of anilines is 1. The number of nitrogens with one attached hydrogen (secondary N) is 2. The van der Waals surface area contributed by atoms with Gasteiger partial charge in [-0.15, -0.1) is 0 Å². The van der Waals surface area contributed by atoms with E-state index in [1.807, 2.05) is 6.07 Å². The first-order valence-corrected chi connectivity index (χ1v) is 7.49. The number of pyridine rings is 1. The first-order valence-electron chi connectivity index (χ1n) is 5.63. The van der Waals surface area contributed by atoms with E-state index < -0.39 is 10.0 Å². The van der Waals surface area contributed by atoms with E-state index in [1.165, 1.54) is 18.3 Å². The summed E-state index contributed by atoms with van der Waals surface area (Å²) in [4.78, 5) is 3.81. The molecule has 0 atom stereocenters. The zero-order valence-electron chi connectivity index (χ0n) is 10.0. The maximum Gasteiger partial charge on any atom is 0.263 e. The normalized spacial score (nSPS) is 11.7. The number of hydrogen-bond acceptors (Lipinski definition) is 4. The smallest absolute Gasteiger partial charge is 0.263 e. The van der Waals surface area contributed by atoms with Crippen LogP contribution in [0.1, 0.15) is 0 Å². The molecule has 0 amide bonds. The van der Waals surface area contributed by atoms with Crippen LogP contribution in [0.4, 0.5) is 5.69 Å². The van der Waals surface area contributed by atoms with Crippen LogP contribution in [0, 0.1) is 0 Å². The summed E-state index contributed by atoms with van der Waals surface area (Å²) in [5.74, 6) is 0. The molecule has 102 valence electrons. The molecule has 0 saturated heterocycles. The van der Waals surface area contributed by atoms with Gasteiger partial charge in [0.05, 0.1) is 17.4 Å². The number of aromatic amines is 1. The summed E-state index contributed by atoms with van der Waals surface area (Å²) in [6.07, 6.45) is 2.77. The Morgan fingerprint density at radius 1 is 1.15 bits per heavy atom. The molecule has 3 aromatic rings. The first kappa shape index (κ1) is 12.9. The Kier molecular flexibility index (Phi) is 3.07. The molecular weight excluding hydrogens is 300 g/mol. The minimum Gasteiger partial charge on any atom is -0.279 e. The van der Waals surface area contributed by atoms with Crippen LogP contribution in [0.15, 0.2) is 47.6 Å². The van der Waals surface area contributed by atoms with Gasteiger partial charge in [0.25, 0.3) is 10.0 Å². The average molecular weight is 309 g/mol. The van der Waals surface area contributed by atoms with E-state index in [0.29, 0.717) is 11.1 Å². The van der Waals surface area contributed by atoms with E-state index in [2.05, 4.69) is 19.9 Å². The summed E-state index contributed by atoms with van der Waals surface area (Å²) in [5, 5.41) is 7.59. The number of benzene rings is 1. The van der Waals surface area contributed by atoms with Crippen molar-refractivity contribution in [2.45, 2.75) is 4.90 Å². The first-order chi connectivity index (χ1) is 9.56. The number of H-pyrrole nitrogens is 1. The number of hydrogen-bond donors (Lipinski definition) is 2. The molecule has 0 unspecified atom stereocenters. The maximum absolute atomic E-state index is 12.3. The highest BCUT2D eigenvalue weighted by Gasteiger charge is 2.16. The molecule has 2 N–H and O–H groups in total. The van der Waals surface area contributed by atoms with Gasteiger partial charge in [0.2, 0.25) is 0 Å². The van der Waals surface area contributed by atoms with Crippen molar-refractivity contribution in [1.29, 1.82) is 0 Å². The highest BCUT2D eigenvalue weighted by molar-refractivity contribution is 7.92. The highest BCUT2D eigenvalue weighted by atomic mass is 35.5. The van der Waals surface area contributed by atoms with Crippen molar-refractivity contribution in [1.82, 2.24) is 15.2 Å². The van der Waals surface area contributed by atoms with Gasteiger partial charge in [0.1, 0.15) is 10.0 Å². The molecule has 0 aliphatic heterocycles. The molecule has 1 aromatic carbocycles. The van der Waals surface area contributed by atoms with Crippen LogP contribution in [0.5, 0.6) is 0 Å². The minimum absolute atomic E-state index is 0.0439. The third kappa shape index (κ3) is 2.33. The van der Waals surface area contributed by atoms with E-state index in [4.69, 9.17) is 11.6 Å². The molecule has 0 fully saturated rings. The number of fused-ring (bicyclic) bond motifs is 1. The fourth-order valence-corrected chi connectivity index (χ4v) is 2.92. The van der Waals surface area contributed by atoms with Crippen LogP contribution < -0.4 is 4.72 Å². The van der Waals surface area contributed by atoms with Gasteiger partial charge in [-0.05, 0) is 24.3 Å². The van der Waals surface area contributed by atoms with E-state index >= 15 is 0 Å². The molecule has 0 bridgehead atoms. The predicted octanol–water partition coefficient (Wildman–Crippen LogP) is 2.41. The van der Waals surface area contributed by atoms with E-state index in [9.17, 15) is 8.42 Å². The van der Waals surface area contributed by atoms with Crippen molar-refractivity contribution in [3.8, 4) is 0 Å². The lowest BCUT2D eigenvalue weighted by atomic mass is 10.2. The fraction of sp³-hybridized carbons (Fsp3) is 0. The van der Waals surface area contributed by atoms with Gasteiger partial charge in [-0.3, -0.25) is 9.82 Å². The molecule has 0 aliphatic rings. The number of aromatic nitrogens is 3. The largest absolute Gasteiger partial charge is 0.279 e. The van der Waals surface area contributed by atoms with Gasteiger partial charge >= 0.3 is 0 Å². The van der Waals surface area contributed by atoms with Gasteiger partial charge < -0.3 is 0 Å². The Morgan fingerprint density at radius 3 is 2.75 bits per heavy atom. The minimum atomic E-state index is -3.71. The van der Waals surface area contributed by atoms with Crippen molar-refractivity contribution in [2.24, 2.45) is 0 Å². The van der Waals surface area contributed by atoms with Crippen molar-refractivity contribution < 1.29 is 8.42 Å². The van der Waals surface area contributed by atoms with Crippen LogP contribution in [0.25, 0.3) is 10.9 Å². The second kappa shape index (κ2) is 4.77. The summed E-state index contributed by atoms with van der Waals surface area (Å²) in [5.41, 5.74) is 1.20. The Balaban J connectivity index is 2.01. The second-order valence-corrected chi connectivity index (χ2v) is 6.13. The predicted molar refractivity (Wildman–Crippen MR) is 76.1 cm³/mol. The van der Waals surface area contributed by atoms with Gasteiger partial charge in [-0.25, -0.2) is 13.4 Å². The summed E-state index contributed by atoms with van der Waals surface area (Å²) in [6, 6.07) is 8.03.